The van der Waals surface area contributed by atoms with Gasteiger partial charge in [0.1, 0.15) is 10.8 Å². The summed E-state index contributed by atoms with van der Waals surface area (Å²) < 4.78 is 11.0. The molecule has 0 spiro atoms. The highest BCUT2D eigenvalue weighted by atomic mass is 32.2. The molecule has 2 aromatic heterocycles. The summed E-state index contributed by atoms with van der Waals surface area (Å²) in [5.41, 5.74) is 1.56. The Hall–Kier alpha value is -2.70. The highest BCUT2D eigenvalue weighted by Gasteiger charge is 2.24. The molecule has 9 heteroatoms. The molecule has 3 aromatic rings. The van der Waals surface area contributed by atoms with Gasteiger partial charge in [0.2, 0.25) is 5.89 Å². The van der Waals surface area contributed by atoms with Gasteiger partial charge in [0.15, 0.2) is 11.7 Å². The van der Waals surface area contributed by atoms with Crippen LogP contribution in [0.4, 0.5) is 0 Å². The number of Topliss-reactive ketones (excluding diaryl/α,β-unsaturated/α-hetero) is 1. The van der Waals surface area contributed by atoms with Gasteiger partial charge in [0.25, 0.3) is 5.22 Å². The highest BCUT2D eigenvalue weighted by Crippen LogP contribution is 2.27. The summed E-state index contributed by atoms with van der Waals surface area (Å²) in [4.78, 5) is 16.6. The number of benzene rings is 1. The number of ketones is 1. The Morgan fingerprint density at radius 2 is 2.15 bits per heavy atom. The summed E-state index contributed by atoms with van der Waals surface area (Å²) in [5.74, 6) is 0.0746. The van der Waals surface area contributed by atoms with Crippen LogP contribution in [0, 0.1) is 18.3 Å². The Labute approximate surface area is 164 Å². The van der Waals surface area contributed by atoms with Crippen molar-refractivity contribution in [3.05, 3.63) is 40.3 Å². The standard InChI is InChI=1S/C18H16N4O3S2/c1-3-24-13-6-4-12(5-7-13)16-21-22-18(25-16)27-10-15(23)14(8-19)17-20-11(2)9-26-17/h4-7,9,14H,3,10H2,1-2H3/t14-/m0/s1. The average molecular weight is 400 g/mol. The number of carbonyl (C=O) groups is 1. The number of thioether (sulfide) groups is 1. The second-order valence-electron chi connectivity index (χ2n) is 5.47. The van der Waals surface area contributed by atoms with E-state index in [9.17, 15) is 10.1 Å². The first kappa shape index (κ1) is 19.1. The molecule has 7 nitrogen and oxygen atoms in total. The van der Waals surface area contributed by atoms with Gasteiger partial charge in [-0.2, -0.15) is 5.26 Å². The molecule has 27 heavy (non-hydrogen) atoms. The van der Waals surface area contributed by atoms with Crippen LogP contribution >= 0.6 is 23.1 Å². The predicted molar refractivity (Wildman–Crippen MR) is 102 cm³/mol. The molecule has 0 amide bonds. The minimum Gasteiger partial charge on any atom is -0.494 e. The van der Waals surface area contributed by atoms with E-state index in [0.29, 0.717) is 17.5 Å². The molecule has 1 atom stereocenters. The first-order valence-electron chi connectivity index (χ1n) is 8.14. The van der Waals surface area contributed by atoms with Crippen molar-refractivity contribution in [2.75, 3.05) is 12.4 Å². The van der Waals surface area contributed by atoms with Crippen LogP contribution < -0.4 is 4.74 Å². The molecule has 0 N–H and O–H groups in total. The fourth-order valence-electron chi connectivity index (χ4n) is 2.23. The normalized spacial score (nSPS) is 11.7. The number of nitrogens with zero attached hydrogens (tertiary/aromatic N) is 4. The number of hydrogen-bond donors (Lipinski definition) is 0. The van der Waals surface area contributed by atoms with E-state index in [1.54, 1.807) is 0 Å². The van der Waals surface area contributed by atoms with Gasteiger partial charge >= 0.3 is 0 Å². The quantitative estimate of drug-likeness (QED) is 0.525. The van der Waals surface area contributed by atoms with Gasteiger partial charge in [-0.3, -0.25) is 4.79 Å². The molecule has 0 aliphatic carbocycles. The Balaban J connectivity index is 1.62. The molecule has 0 saturated carbocycles. The Kier molecular flexibility index (Phi) is 6.21. The lowest BCUT2D eigenvalue weighted by Crippen LogP contribution is -2.13. The Bertz CT molecular complexity index is 960. The topological polar surface area (TPSA) is 102 Å². The molecule has 138 valence electrons. The first-order valence-corrected chi connectivity index (χ1v) is 10.0. The molecule has 1 aromatic carbocycles. The van der Waals surface area contributed by atoms with Crippen LogP contribution in [0.5, 0.6) is 5.75 Å². The highest BCUT2D eigenvalue weighted by molar-refractivity contribution is 7.99. The third-order valence-electron chi connectivity index (χ3n) is 3.49. The third kappa shape index (κ3) is 4.72. The summed E-state index contributed by atoms with van der Waals surface area (Å²) in [5, 5.41) is 19.9. The van der Waals surface area contributed by atoms with E-state index < -0.39 is 5.92 Å². The summed E-state index contributed by atoms with van der Waals surface area (Å²) in [6, 6.07) is 9.33. The number of aryl methyl sites for hydroxylation is 1. The second-order valence-corrected chi connectivity index (χ2v) is 7.29. The maximum Gasteiger partial charge on any atom is 0.277 e. The van der Waals surface area contributed by atoms with E-state index in [0.717, 1.165) is 28.8 Å². The van der Waals surface area contributed by atoms with Crippen molar-refractivity contribution in [2.45, 2.75) is 25.0 Å². The fourth-order valence-corrected chi connectivity index (χ4v) is 3.76. The first-order chi connectivity index (χ1) is 13.1. The van der Waals surface area contributed by atoms with Crippen LogP contribution in [-0.2, 0) is 4.79 Å². The molecule has 0 bridgehead atoms. The summed E-state index contributed by atoms with van der Waals surface area (Å²) in [6.07, 6.45) is 0. The number of thiazole rings is 1. The number of rotatable bonds is 8. The largest absolute Gasteiger partial charge is 0.494 e. The van der Waals surface area contributed by atoms with Gasteiger partial charge < -0.3 is 9.15 Å². The molecule has 2 heterocycles. The molecular formula is C18H16N4O3S2. The maximum atomic E-state index is 12.4. The van der Waals surface area contributed by atoms with Gasteiger partial charge in [-0.25, -0.2) is 4.98 Å². The molecule has 0 radical (unpaired) electrons. The zero-order chi connectivity index (χ0) is 19.2. The van der Waals surface area contributed by atoms with Crippen LogP contribution in [0.1, 0.15) is 23.5 Å². The number of carbonyl (C=O) groups excluding carboxylic acids is 1. The second kappa shape index (κ2) is 8.79. The third-order valence-corrected chi connectivity index (χ3v) is 5.36. The predicted octanol–water partition coefficient (Wildman–Crippen LogP) is 3.87. The van der Waals surface area contributed by atoms with E-state index >= 15 is 0 Å². The summed E-state index contributed by atoms with van der Waals surface area (Å²) in [6.45, 7) is 4.34. The lowest BCUT2D eigenvalue weighted by Gasteiger charge is -2.03. The van der Waals surface area contributed by atoms with Gasteiger partial charge in [-0.1, -0.05) is 11.8 Å². The Morgan fingerprint density at radius 3 is 2.78 bits per heavy atom. The number of aromatic nitrogens is 3. The van der Waals surface area contributed by atoms with Crippen molar-refractivity contribution < 1.29 is 13.9 Å². The van der Waals surface area contributed by atoms with Crippen molar-refractivity contribution in [3.63, 3.8) is 0 Å². The number of hydrogen-bond acceptors (Lipinski definition) is 9. The monoisotopic (exact) mass is 400 g/mol. The molecule has 0 saturated heterocycles. The van der Waals surface area contributed by atoms with Crippen molar-refractivity contribution in [3.8, 4) is 23.3 Å². The average Bonchev–Trinajstić information content (AvgIpc) is 3.31. The van der Waals surface area contributed by atoms with Crippen LogP contribution in [0.3, 0.4) is 0 Å². The zero-order valence-corrected chi connectivity index (χ0v) is 16.3. The lowest BCUT2D eigenvalue weighted by atomic mass is 10.1. The molecule has 0 fully saturated rings. The zero-order valence-electron chi connectivity index (χ0n) is 14.7. The van der Waals surface area contributed by atoms with Crippen LogP contribution in [0.2, 0.25) is 0 Å². The maximum absolute atomic E-state index is 12.4. The minimum atomic E-state index is -0.871. The fraction of sp³-hybridized carbons (Fsp3) is 0.278. The van der Waals surface area contributed by atoms with E-state index in [4.69, 9.17) is 9.15 Å². The summed E-state index contributed by atoms with van der Waals surface area (Å²) >= 11 is 2.42. The summed E-state index contributed by atoms with van der Waals surface area (Å²) in [7, 11) is 0. The Morgan fingerprint density at radius 1 is 1.37 bits per heavy atom. The van der Waals surface area contributed by atoms with Gasteiger partial charge in [0.05, 0.1) is 18.4 Å². The van der Waals surface area contributed by atoms with Crippen LogP contribution in [-0.4, -0.2) is 33.3 Å². The lowest BCUT2D eigenvalue weighted by molar-refractivity contribution is -0.116. The molecule has 0 aliphatic rings. The molecular weight excluding hydrogens is 384 g/mol. The van der Waals surface area contributed by atoms with Crippen molar-refractivity contribution in [1.29, 1.82) is 5.26 Å². The molecule has 0 aliphatic heterocycles. The van der Waals surface area contributed by atoms with Crippen LogP contribution in [0.15, 0.2) is 39.3 Å². The number of ether oxygens (including phenoxy) is 1. The number of nitriles is 1. The molecule has 0 unspecified atom stereocenters. The van der Waals surface area contributed by atoms with E-state index in [1.807, 2.05) is 49.6 Å². The van der Waals surface area contributed by atoms with E-state index in [2.05, 4.69) is 15.2 Å². The van der Waals surface area contributed by atoms with Crippen molar-refractivity contribution >= 4 is 28.9 Å². The van der Waals surface area contributed by atoms with Crippen molar-refractivity contribution in [2.24, 2.45) is 0 Å². The smallest absolute Gasteiger partial charge is 0.277 e. The van der Waals surface area contributed by atoms with E-state index in [-0.39, 0.29) is 16.8 Å². The minimum absolute atomic E-state index is 0.0573. The van der Waals surface area contributed by atoms with Gasteiger partial charge in [-0.05, 0) is 38.1 Å². The van der Waals surface area contributed by atoms with Crippen LogP contribution in [0.25, 0.3) is 11.5 Å². The van der Waals surface area contributed by atoms with E-state index in [1.165, 1.54) is 11.3 Å². The molecule has 3 rings (SSSR count). The SMILES string of the molecule is CCOc1ccc(-c2nnc(SCC(=O)[C@H](C#N)c3nc(C)cs3)o2)cc1. The van der Waals surface area contributed by atoms with Crippen molar-refractivity contribution in [1.82, 2.24) is 15.2 Å². The van der Waals surface area contributed by atoms with Gasteiger partial charge in [0, 0.05) is 16.6 Å². The van der Waals surface area contributed by atoms with Gasteiger partial charge in [-0.15, -0.1) is 21.5 Å².